The highest BCUT2D eigenvalue weighted by Crippen LogP contribution is 2.21. The lowest BCUT2D eigenvalue weighted by molar-refractivity contribution is -0.137. The summed E-state index contributed by atoms with van der Waals surface area (Å²) in [4.78, 5) is 10.7. The molecule has 0 radical (unpaired) electrons. The maximum atomic E-state index is 10.7. The van der Waals surface area contributed by atoms with Gasteiger partial charge in [0.05, 0.1) is 18.8 Å². The number of carbonyl (C=O) groups excluding carboxylic acids is 1. The Morgan fingerprint density at radius 3 is 2.86 bits per heavy atom. The smallest absolute Gasteiger partial charge is 0.217 e. The van der Waals surface area contributed by atoms with Crippen molar-refractivity contribution in [3.05, 3.63) is 0 Å². The van der Waals surface area contributed by atoms with Crippen molar-refractivity contribution in [2.24, 2.45) is 0 Å². The van der Waals surface area contributed by atoms with Crippen molar-refractivity contribution in [2.75, 3.05) is 6.61 Å². The lowest BCUT2D eigenvalue weighted by atomic mass is 10.1. The van der Waals surface area contributed by atoms with Gasteiger partial charge in [0, 0.05) is 13.3 Å². The van der Waals surface area contributed by atoms with Gasteiger partial charge in [0.25, 0.3) is 0 Å². The van der Waals surface area contributed by atoms with Gasteiger partial charge >= 0.3 is 0 Å². The molecule has 1 heterocycles. The minimum atomic E-state index is -1.12. The van der Waals surface area contributed by atoms with E-state index in [2.05, 4.69) is 5.32 Å². The predicted octanol–water partition coefficient (Wildman–Crippen LogP) is -2.05. The maximum Gasteiger partial charge on any atom is 0.217 e. The van der Waals surface area contributed by atoms with Crippen molar-refractivity contribution in [3.63, 3.8) is 0 Å². The van der Waals surface area contributed by atoms with E-state index in [1.807, 2.05) is 0 Å². The predicted molar refractivity (Wildman–Crippen MR) is 46.2 cm³/mol. The Morgan fingerprint density at radius 2 is 2.36 bits per heavy atom. The van der Waals surface area contributed by atoms with E-state index in [9.17, 15) is 15.0 Å². The maximum absolute atomic E-state index is 10.7. The average Bonchev–Trinajstić information content (AvgIpc) is 2.46. The van der Waals surface area contributed by atoms with Gasteiger partial charge in [-0.25, -0.2) is 0 Å². The second-order valence-corrected chi connectivity index (χ2v) is 3.36. The number of rotatable bonds is 3. The molecule has 1 fully saturated rings. The average molecular weight is 205 g/mol. The third-order valence-corrected chi connectivity index (χ3v) is 2.15. The normalized spacial score (nSPS) is 34.1. The minimum absolute atomic E-state index is 0.267. The highest BCUT2D eigenvalue weighted by Gasteiger charge is 2.37. The fraction of sp³-hybridized carbons (Fsp3) is 0.875. The molecule has 0 saturated carbocycles. The van der Waals surface area contributed by atoms with Gasteiger partial charge in [-0.3, -0.25) is 4.79 Å². The fourth-order valence-electron chi connectivity index (χ4n) is 1.45. The van der Waals surface area contributed by atoms with Crippen molar-refractivity contribution < 1.29 is 24.9 Å². The van der Waals surface area contributed by atoms with Gasteiger partial charge in [-0.2, -0.15) is 0 Å². The number of carbonyl (C=O) groups is 1. The van der Waals surface area contributed by atoms with Crippen LogP contribution in [0.2, 0.25) is 0 Å². The molecule has 0 aliphatic carbocycles. The highest BCUT2D eigenvalue weighted by atomic mass is 16.6. The van der Waals surface area contributed by atoms with E-state index >= 15 is 0 Å². The van der Waals surface area contributed by atoms with Gasteiger partial charge in [0.2, 0.25) is 5.91 Å². The Bertz CT molecular complexity index is 210. The molecule has 4 unspecified atom stereocenters. The largest absolute Gasteiger partial charge is 0.394 e. The zero-order valence-corrected chi connectivity index (χ0v) is 7.88. The van der Waals surface area contributed by atoms with Crippen LogP contribution in [-0.2, 0) is 9.53 Å². The molecule has 0 bridgehead atoms. The molecule has 1 saturated heterocycles. The number of hydrogen-bond donors (Lipinski definition) is 4. The first kappa shape index (κ1) is 11.4. The fourth-order valence-corrected chi connectivity index (χ4v) is 1.45. The summed E-state index contributed by atoms with van der Waals surface area (Å²) in [6.07, 6.45) is -2.48. The monoisotopic (exact) mass is 205 g/mol. The van der Waals surface area contributed by atoms with Crippen molar-refractivity contribution >= 4 is 5.91 Å². The molecule has 4 N–H and O–H groups in total. The van der Waals surface area contributed by atoms with Crippen molar-refractivity contribution in [1.29, 1.82) is 0 Å². The zero-order chi connectivity index (χ0) is 10.7. The van der Waals surface area contributed by atoms with Crippen molar-refractivity contribution in [3.8, 4) is 0 Å². The Hall–Kier alpha value is -0.690. The molecule has 6 heteroatoms. The molecule has 1 aliphatic rings. The van der Waals surface area contributed by atoms with Gasteiger partial charge in [-0.15, -0.1) is 0 Å². The molecule has 0 aromatic heterocycles. The molecule has 0 aromatic carbocycles. The lowest BCUT2D eigenvalue weighted by Crippen LogP contribution is -2.39. The number of aliphatic hydroxyl groups is 3. The molecule has 0 spiro atoms. The Balaban J connectivity index is 2.46. The van der Waals surface area contributed by atoms with Gasteiger partial charge in [0.15, 0.2) is 6.29 Å². The van der Waals surface area contributed by atoms with Crippen LogP contribution in [0, 0.1) is 0 Å². The third kappa shape index (κ3) is 2.65. The summed E-state index contributed by atoms with van der Waals surface area (Å²) in [6, 6.07) is -0.515. The molecule has 1 amide bonds. The van der Waals surface area contributed by atoms with E-state index in [1.165, 1.54) is 6.92 Å². The molecule has 1 aliphatic heterocycles. The van der Waals surface area contributed by atoms with Crippen LogP contribution in [0.5, 0.6) is 0 Å². The van der Waals surface area contributed by atoms with E-state index in [4.69, 9.17) is 9.84 Å². The molecule has 14 heavy (non-hydrogen) atoms. The number of nitrogens with one attached hydrogen (secondary N) is 1. The minimum Gasteiger partial charge on any atom is -0.394 e. The van der Waals surface area contributed by atoms with E-state index in [0.717, 1.165) is 0 Å². The second kappa shape index (κ2) is 4.70. The lowest BCUT2D eigenvalue weighted by Gasteiger charge is -2.14. The van der Waals surface area contributed by atoms with Crippen LogP contribution in [0.3, 0.4) is 0 Å². The molecule has 0 aromatic rings. The molecular formula is C8H15NO5. The summed E-state index contributed by atoms with van der Waals surface area (Å²) in [5.74, 6) is -0.267. The topological polar surface area (TPSA) is 99.0 Å². The first-order chi connectivity index (χ1) is 6.54. The Morgan fingerprint density at radius 1 is 1.71 bits per heavy atom. The molecule has 6 nitrogen and oxygen atoms in total. The zero-order valence-electron chi connectivity index (χ0n) is 7.88. The molecule has 4 atom stereocenters. The van der Waals surface area contributed by atoms with Crippen molar-refractivity contribution in [2.45, 2.75) is 37.9 Å². The van der Waals surface area contributed by atoms with Crippen LogP contribution >= 0.6 is 0 Å². The summed E-state index contributed by atoms with van der Waals surface area (Å²) >= 11 is 0. The summed E-state index contributed by atoms with van der Waals surface area (Å²) in [5, 5.41) is 29.7. The number of amides is 1. The highest BCUT2D eigenvalue weighted by molar-refractivity contribution is 5.73. The Labute approximate surface area is 81.5 Å². The third-order valence-electron chi connectivity index (χ3n) is 2.15. The van der Waals surface area contributed by atoms with E-state index in [1.54, 1.807) is 0 Å². The van der Waals surface area contributed by atoms with E-state index in [-0.39, 0.29) is 5.91 Å². The first-order valence-corrected chi connectivity index (χ1v) is 4.44. The summed E-state index contributed by atoms with van der Waals surface area (Å²) in [5.41, 5.74) is 0. The summed E-state index contributed by atoms with van der Waals surface area (Å²) in [7, 11) is 0. The quantitative estimate of drug-likeness (QED) is 0.425. The van der Waals surface area contributed by atoms with Gasteiger partial charge in [-0.1, -0.05) is 0 Å². The van der Waals surface area contributed by atoms with E-state index < -0.39 is 31.1 Å². The van der Waals surface area contributed by atoms with Crippen LogP contribution in [0.1, 0.15) is 13.3 Å². The molecule has 82 valence electrons. The SMILES string of the molecule is CC(=O)NC1CC(C(O)CO)OC1O. The van der Waals surface area contributed by atoms with Crippen molar-refractivity contribution in [1.82, 2.24) is 5.32 Å². The molecular weight excluding hydrogens is 190 g/mol. The van der Waals surface area contributed by atoms with E-state index in [0.29, 0.717) is 6.42 Å². The second-order valence-electron chi connectivity index (χ2n) is 3.36. The number of aliphatic hydroxyl groups excluding tert-OH is 3. The molecule has 1 rings (SSSR count). The standard InChI is InChI=1S/C8H15NO5/c1-4(11)9-5-2-7(6(12)3-10)14-8(5)13/h5-8,10,12-13H,2-3H2,1H3,(H,9,11). The van der Waals surface area contributed by atoms with Crippen LogP contribution < -0.4 is 5.32 Å². The van der Waals surface area contributed by atoms with Gasteiger partial charge in [0.1, 0.15) is 6.10 Å². The Kier molecular flexibility index (Phi) is 3.82. The van der Waals surface area contributed by atoms with Crippen LogP contribution in [-0.4, -0.2) is 52.4 Å². The van der Waals surface area contributed by atoms with Crippen LogP contribution in [0.4, 0.5) is 0 Å². The van der Waals surface area contributed by atoms with Gasteiger partial charge in [-0.05, 0) is 0 Å². The van der Waals surface area contributed by atoms with Gasteiger partial charge < -0.3 is 25.4 Å². The van der Waals surface area contributed by atoms with Crippen LogP contribution in [0.15, 0.2) is 0 Å². The van der Waals surface area contributed by atoms with Crippen LogP contribution in [0.25, 0.3) is 0 Å². The number of ether oxygens (including phenoxy) is 1. The first-order valence-electron chi connectivity index (χ1n) is 4.44. The number of hydrogen-bond acceptors (Lipinski definition) is 5. The summed E-state index contributed by atoms with van der Waals surface area (Å²) in [6.45, 7) is 0.909. The summed E-state index contributed by atoms with van der Waals surface area (Å²) < 4.78 is 4.96.